The van der Waals surface area contributed by atoms with Gasteiger partial charge in [-0.2, -0.15) is 0 Å². The van der Waals surface area contributed by atoms with E-state index in [2.05, 4.69) is 10.6 Å². The molecule has 6 nitrogen and oxygen atoms in total. The Hall–Kier alpha value is -2.67. The first-order valence-corrected chi connectivity index (χ1v) is 8.08. The minimum Gasteiger partial charge on any atom is -0.452 e. The summed E-state index contributed by atoms with van der Waals surface area (Å²) in [5, 5.41) is 5.12. The zero-order chi connectivity index (χ0) is 17.7. The van der Waals surface area contributed by atoms with Gasteiger partial charge in [0.25, 0.3) is 11.8 Å². The Morgan fingerprint density at radius 2 is 1.79 bits per heavy atom. The van der Waals surface area contributed by atoms with Crippen LogP contribution in [0.3, 0.4) is 0 Å². The average molecular weight is 346 g/mol. The third-order valence-electron chi connectivity index (χ3n) is 3.25. The zero-order valence-corrected chi connectivity index (χ0v) is 14.5. The lowest BCUT2D eigenvalue weighted by atomic mass is 10.2. The molecule has 0 saturated carbocycles. The topological polar surface area (TPSA) is 84.5 Å². The highest BCUT2D eigenvalue weighted by Crippen LogP contribution is 2.21. The van der Waals surface area contributed by atoms with Crippen LogP contribution in [0.2, 0.25) is 0 Å². The number of carbonyl (C=O) groups is 3. The molecule has 0 atom stereocenters. The molecule has 2 rings (SSSR count). The minimum atomic E-state index is -0.512. The molecule has 0 fully saturated rings. The fourth-order valence-corrected chi connectivity index (χ4v) is 3.00. The van der Waals surface area contributed by atoms with Gasteiger partial charge in [-0.25, -0.2) is 4.79 Å². The second-order valence-corrected chi connectivity index (χ2v) is 6.57. The van der Waals surface area contributed by atoms with Crippen molar-refractivity contribution in [2.24, 2.45) is 0 Å². The third-order valence-corrected chi connectivity index (χ3v) is 4.22. The Bertz CT molecular complexity index is 765. The number of nitrogens with one attached hydrogen (secondary N) is 2. The summed E-state index contributed by atoms with van der Waals surface area (Å²) in [6.07, 6.45) is 0. The fraction of sp³-hybridized carbons (Fsp3) is 0.235. The molecule has 0 unspecified atom stereocenters. The molecule has 2 aromatic rings. The van der Waals surface area contributed by atoms with E-state index in [4.69, 9.17) is 4.74 Å². The maximum atomic E-state index is 11.9. The number of thiophene rings is 1. The lowest BCUT2D eigenvalue weighted by Crippen LogP contribution is -2.21. The molecule has 0 radical (unpaired) electrons. The quantitative estimate of drug-likeness (QED) is 0.815. The molecule has 0 bridgehead atoms. The second-order valence-electron chi connectivity index (χ2n) is 5.11. The van der Waals surface area contributed by atoms with Crippen LogP contribution in [0.5, 0.6) is 0 Å². The molecule has 1 aromatic carbocycles. The van der Waals surface area contributed by atoms with E-state index >= 15 is 0 Å². The summed E-state index contributed by atoms with van der Waals surface area (Å²) >= 11 is 1.51. The van der Waals surface area contributed by atoms with E-state index in [9.17, 15) is 14.4 Å². The van der Waals surface area contributed by atoms with Crippen LogP contribution in [-0.4, -0.2) is 31.4 Å². The normalized spacial score (nSPS) is 10.1. The van der Waals surface area contributed by atoms with Crippen LogP contribution in [0, 0.1) is 13.8 Å². The van der Waals surface area contributed by atoms with Crippen LogP contribution in [0.1, 0.15) is 30.5 Å². The largest absolute Gasteiger partial charge is 0.452 e. The van der Waals surface area contributed by atoms with E-state index in [1.165, 1.54) is 11.3 Å². The Morgan fingerprint density at radius 1 is 1.12 bits per heavy atom. The van der Waals surface area contributed by atoms with Gasteiger partial charge < -0.3 is 15.4 Å². The maximum absolute atomic E-state index is 11.9. The van der Waals surface area contributed by atoms with E-state index < -0.39 is 11.9 Å². The zero-order valence-electron chi connectivity index (χ0n) is 13.6. The highest BCUT2D eigenvalue weighted by atomic mass is 32.1. The standard InChI is InChI=1S/C17H18N2O4S/c1-10-8-14(11(2)24-10)17(22)23-9-15(20)19-13-6-4-12(5-7-13)16(21)18-3/h4-8H,9H2,1-3H3,(H,18,21)(H,19,20). The molecule has 0 aliphatic rings. The van der Waals surface area contributed by atoms with Crippen LogP contribution >= 0.6 is 11.3 Å². The number of hydrogen-bond donors (Lipinski definition) is 2. The molecule has 24 heavy (non-hydrogen) atoms. The molecule has 0 saturated heterocycles. The van der Waals surface area contributed by atoms with Gasteiger partial charge in [0, 0.05) is 28.1 Å². The number of ether oxygens (including phenoxy) is 1. The molecular weight excluding hydrogens is 328 g/mol. The Balaban J connectivity index is 1.88. The fourth-order valence-electron chi connectivity index (χ4n) is 2.09. The second kappa shape index (κ2) is 7.74. The lowest BCUT2D eigenvalue weighted by molar-refractivity contribution is -0.119. The smallest absolute Gasteiger partial charge is 0.339 e. The summed E-state index contributed by atoms with van der Waals surface area (Å²) in [4.78, 5) is 37.1. The van der Waals surface area contributed by atoms with Crippen molar-refractivity contribution in [1.82, 2.24) is 5.32 Å². The molecule has 0 spiro atoms. The van der Waals surface area contributed by atoms with Crippen LogP contribution in [0.15, 0.2) is 30.3 Å². The highest BCUT2D eigenvalue weighted by Gasteiger charge is 2.15. The first kappa shape index (κ1) is 17.7. The van der Waals surface area contributed by atoms with Gasteiger partial charge in [0.1, 0.15) is 0 Å². The van der Waals surface area contributed by atoms with Crippen molar-refractivity contribution < 1.29 is 19.1 Å². The maximum Gasteiger partial charge on any atom is 0.339 e. The molecule has 1 heterocycles. The number of aryl methyl sites for hydroxylation is 2. The number of hydrogen-bond acceptors (Lipinski definition) is 5. The summed E-state index contributed by atoms with van der Waals surface area (Å²) in [6, 6.07) is 8.15. The van der Waals surface area contributed by atoms with Gasteiger partial charge in [-0.05, 0) is 44.2 Å². The summed E-state index contributed by atoms with van der Waals surface area (Å²) in [5.74, 6) is -1.16. The molecule has 7 heteroatoms. The van der Waals surface area contributed by atoms with Crippen molar-refractivity contribution in [2.75, 3.05) is 19.0 Å². The van der Waals surface area contributed by atoms with Gasteiger partial charge in [-0.3, -0.25) is 9.59 Å². The van der Waals surface area contributed by atoms with Crippen molar-refractivity contribution in [1.29, 1.82) is 0 Å². The number of rotatable bonds is 5. The first-order valence-electron chi connectivity index (χ1n) is 7.27. The third kappa shape index (κ3) is 4.42. The van der Waals surface area contributed by atoms with Crippen LogP contribution < -0.4 is 10.6 Å². The van der Waals surface area contributed by atoms with Crippen molar-refractivity contribution >= 4 is 34.8 Å². The predicted octanol–water partition coefficient (Wildman–Crippen LogP) is 2.52. The number of amides is 2. The number of anilines is 1. The number of carbonyl (C=O) groups excluding carboxylic acids is 3. The SMILES string of the molecule is CNC(=O)c1ccc(NC(=O)COC(=O)c2cc(C)sc2C)cc1. The summed E-state index contributed by atoms with van der Waals surface area (Å²) in [7, 11) is 1.54. The molecule has 2 N–H and O–H groups in total. The average Bonchev–Trinajstić information content (AvgIpc) is 2.91. The van der Waals surface area contributed by atoms with Crippen LogP contribution in [0.25, 0.3) is 0 Å². The van der Waals surface area contributed by atoms with Gasteiger partial charge in [-0.1, -0.05) is 0 Å². The van der Waals surface area contributed by atoms with Crippen molar-refractivity contribution in [2.45, 2.75) is 13.8 Å². The molecular formula is C17H18N2O4S. The van der Waals surface area contributed by atoms with Crippen LogP contribution in [0.4, 0.5) is 5.69 Å². The Kier molecular flexibility index (Phi) is 5.70. The van der Waals surface area contributed by atoms with Crippen molar-refractivity contribution in [3.63, 3.8) is 0 Å². The highest BCUT2D eigenvalue weighted by molar-refractivity contribution is 7.12. The van der Waals surface area contributed by atoms with E-state index in [1.54, 1.807) is 37.4 Å². The first-order chi connectivity index (χ1) is 11.4. The summed E-state index contributed by atoms with van der Waals surface area (Å²) in [5.41, 5.74) is 1.50. The molecule has 0 aliphatic heterocycles. The molecule has 126 valence electrons. The summed E-state index contributed by atoms with van der Waals surface area (Å²) < 4.78 is 5.03. The van der Waals surface area contributed by atoms with Gasteiger partial charge in [-0.15, -0.1) is 11.3 Å². The molecule has 1 aromatic heterocycles. The van der Waals surface area contributed by atoms with Crippen molar-refractivity contribution in [3.05, 3.63) is 51.2 Å². The van der Waals surface area contributed by atoms with Gasteiger partial charge >= 0.3 is 5.97 Å². The van der Waals surface area contributed by atoms with Gasteiger partial charge in [0.05, 0.1) is 5.56 Å². The number of benzene rings is 1. The lowest BCUT2D eigenvalue weighted by Gasteiger charge is -2.07. The van der Waals surface area contributed by atoms with E-state index in [1.807, 2.05) is 13.8 Å². The van der Waals surface area contributed by atoms with Gasteiger partial charge in [0.2, 0.25) is 0 Å². The predicted molar refractivity (Wildman–Crippen MR) is 92.5 cm³/mol. The number of esters is 1. The molecule has 2 amide bonds. The monoisotopic (exact) mass is 346 g/mol. The van der Waals surface area contributed by atoms with Crippen LogP contribution in [-0.2, 0) is 9.53 Å². The van der Waals surface area contributed by atoms with E-state index in [0.717, 1.165) is 9.75 Å². The minimum absolute atomic E-state index is 0.205. The van der Waals surface area contributed by atoms with Crippen molar-refractivity contribution in [3.8, 4) is 0 Å². The molecule has 0 aliphatic carbocycles. The van der Waals surface area contributed by atoms with E-state index in [-0.39, 0.29) is 12.5 Å². The Morgan fingerprint density at radius 3 is 2.33 bits per heavy atom. The summed E-state index contributed by atoms with van der Waals surface area (Å²) in [6.45, 7) is 3.37. The Labute approximate surface area is 143 Å². The van der Waals surface area contributed by atoms with E-state index in [0.29, 0.717) is 16.8 Å². The van der Waals surface area contributed by atoms with Gasteiger partial charge in [0.15, 0.2) is 6.61 Å².